The van der Waals surface area contributed by atoms with Gasteiger partial charge in [0.2, 0.25) is 0 Å². The third-order valence-corrected chi connectivity index (χ3v) is 4.76. The van der Waals surface area contributed by atoms with E-state index in [0.29, 0.717) is 0 Å². The Morgan fingerprint density at radius 2 is 1.57 bits per heavy atom. The van der Waals surface area contributed by atoms with Crippen molar-refractivity contribution in [3.63, 3.8) is 0 Å². The number of nitrogens with zero attached hydrogens (tertiary/aromatic N) is 1. The molecule has 0 spiro atoms. The molecule has 21 heavy (non-hydrogen) atoms. The van der Waals surface area contributed by atoms with Crippen LogP contribution in [-0.4, -0.2) is 24.5 Å². The number of nitrogens with one attached hydrogen (secondary N) is 1. The highest BCUT2D eigenvalue weighted by Crippen LogP contribution is 2.19. The maximum absolute atomic E-state index is 3.41. The number of hydrogen-bond donors (Lipinski definition) is 1. The van der Waals surface area contributed by atoms with Gasteiger partial charge < -0.3 is 5.32 Å². The van der Waals surface area contributed by atoms with Crippen molar-refractivity contribution in [1.82, 2.24) is 10.2 Å². The van der Waals surface area contributed by atoms with Gasteiger partial charge in [0, 0.05) is 22.8 Å². The van der Waals surface area contributed by atoms with Gasteiger partial charge in [-0.15, -0.1) is 11.3 Å². The topological polar surface area (TPSA) is 15.3 Å². The Kier molecular flexibility index (Phi) is 9.21. The van der Waals surface area contributed by atoms with Crippen molar-refractivity contribution in [2.45, 2.75) is 60.5 Å². The van der Waals surface area contributed by atoms with Crippen LogP contribution in [0.4, 0.5) is 0 Å². The van der Waals surface area contributed by atoms with Crippen molar-refractivity contribution in [2.24, 2.45) is 11.8 Å². The monoisotopic (exact) mass is 310 g/mol. The fraction of sp³-hybridized carbons (Fsp3) is 0.778. The molecule has 0 aliphatic carbocycles. The molecule has 0 aliphatic heterocycles. The second-order valence-corrected chi connectivity index (χ2v) is 8.04. The van der Waals surface area contributed by atoms with Gasteiger partial charge in [-0.25, -0.2) is 0 Å². The van der Waals surface area contributed by atoms with Crippen LogP contribution in [0, 0.1) is 11.8 Å². The SMILES string of the molecule is CCNCc1ccc(CN(CCC(C)C)CCC(C)C)s1. The largest absolute Gasteiger partial charge is 0.312 e. The molecule has 3 heteroatoms. The first kappa shape index (κ1) is 18.7. The van der Waals surface area contributed by atoms with E-state index in [-0.39, 0.29) is 0 Å². The standard InChI is InChI=1S/C18H34N2S/c1-6-19-13-17-7-8-18(21-17)14-20(11-9-15(2)3)12-10-16(4)5/h7-8,15-16,19H,6,9-14H2,1-5H3. The summed E-state index contributed by atoms with van der Waals surface area (Å²) < 4.78 is 0. The summed E-state index contributed by atoms with van der Waals surface area (Å²) in [6.45, 7) is 17.1. The van der Waals surface area contributed by atoms with E-state index in [9.17, 15) is 0 Å². The molecule has 0 aromatic carbocycles. The van der Waals surface area contributed by atoms with Crippen LogP contribution >= 0.6 is 11.3 Å². The highest BCUT2D eigenvalue weighted by molar-refractivity contribution is 7.11. The molecule has 1 rings (SSSR count). The van der Waals surface area contributed by atoms with Gasteiger partial charge in [0.1, 0.15) is 0 Å². The summed E-state index contributed by atoms with van der Waals surface area (Å²) in [5.41, 5.74) is 0. The zero-order chi connectivity index (χ0) is 15.7. The van der Waals surface area contributed by atoms with E-state index >= 15 is 0 Å². The Morgan fingerprint density at radius 3 is 2.10 bits per heavy atom. The molecule has 1 aromatic heterocycles. The average Bonchev–Trinajstić information content (AvgIpc) is 2.86. The van der Waals surface area contributed by atoms with Gasteiger partial charge in [-0.2, -0.15) is 0 Å². The molecule has 0 amide bonds. The molecule has 0 fully saturated rings. The maximum Gasteiger partial charge on any atom is 0.0328 e. The summed E-state index contributed by atoms with van der Waals surface area (Å²) >= 11 is 1.97. The van der Waals surface area contributed by atoms with Gasteiger partial charge >= 0.3 is 0 Å². The lowest BCUT2D eigenvalue weighted by Crippen LogP contribution is -2.27. The fourth-order valence-corrected chi connectivity index (χ4v) is 3.25. The lowest BCUT2D eigenvalue weighted by Gasteiger charge is -2.23. The van der Waals surface area contributed by atoms with Gasteiger partial charge in [0.05, 0.1) is 0 Å². The van der Waals surface area contributed by atoms with E-state index in [2.05, 4.69) is 57.0 Å². The summed E-state index contributed by atoms with van der Waals surface area (Å²) in [4.78, 5) is 5.61. The van der Waals surface area contributed by atoms with Crippen LogP contribution in [0.3, 0.4) is 0 Å². The molecule has 1 N–H and O–H groups in total. The zero-order valence-electron chi connectivity index (χ0n) is 14.6. The lowest BCUT2D eigenvalue weighted by atomic mass is 10.1. The molecule has 0 unspecified atom stereocenters. The van der Waals surface area contributed by atoms with Crippen molar-refractivity contribution in [3.8, 4) is 0 Å². The van der Waals surface area contributed by atoms with Crippen LogP contribution in [0.15, 0.2) is 12.1 Å². The molecule has 0 aliphatic rings. The summed E-state index contributed by atoms with van der Waals surface area (Å²) in [6.07, 6.45) is 2.60. The third kappa shape index (κ3) is 8.60. The van der Waals surface area contributed by atoms with Crippen molar-refractivity contribution >= 4 is 11.3 Å². The van der Waals surface area contributed by atoms with Crippen LogP contribution in [0.1, 0.15) is 57.2 Å². The summed E-state index contributed by atoms with van der Waals surface area (Å²) in [5, 5.41) is 3.41. The molecule has 0 atom stereocenters. The molecular formula is C18H34N2S. The van der Waals surface area contributed by atoms with Crippen LogP contribution < -0.4 is 5.32 Å². The second-order valence-electron chi connectivity index (χ2n) is 6.79. The quantitative estimate of drug-likeness (QED) is 0.634. The van der Waals surface area contributed by atoms with Crippen LogP contribution in [0.5, 0.6) is 0 Å². The van der Waals surface area contributed by atoms with E-state index in [1.54, 1.807) is 0 Å². The van der Waals surface area contributed by atoms with E-state index in [4.69, 9.17) is 0 Å². The molecule has 0 radical (unpaired) electrons. The minimum absolute atomic E-state index is 0.791. The molecule has 0 saturated carbocycles. The van der Waals surface area contributed by atoms with E-state index < -0.39 is 0 Å². The molecule has 1 heterocycles. The number of rotatable bonds is 11. The normalized spacial score (nSPS) is 12.0. The first-order chi connectivity index (χ1) is 10.0. The Bertz CT molecular complexity index is 359. The van der Waals surface area contributed by atoms with E-state index in [0.717, 1.165) is 31.5 Å². The zero-order valence-corrected chi connectivity index (χ0v) is 15.4. The van der Waals surface area contributed by atoms with Crippen molar-refractivity contribution < 1.29 is 0 Å². The van der Waals surface area contributed by atoms with E-state index in [1.165, 1.54) is 35.7 Å². The molecule has 2 nitrogen and oxygen atoms in total. The molecular weight excluding hydrogens is 276 g/mol. The maximum atomic E-state index is 3.41. The minimum atomic E-state index is 0.791. The lowest BCUT2D eigenvalue weighted by molar-refractivity contribution is 0.237. The number of hydrogen-bond acceptors (Lipinski definition) is 3. The van der Waals surface area contributed by atoms with Crippen LogP contribution in [0.2, 0.25) is 0 Å². The Morgan fingerprint density at radius 1 is 1.00 bits per heavy atom. The van der Waals surface area contributed by atoms with Crippen molar-refractivity contribution in [3.05, 3.63) is 21.9 Å². The third-order valence-electron chi connectivity index (χ3n) is 3.69. The predicted octanol–water partition coefficient (Wildman–Crippen LogP) is 4.75. The van der Waals surface area contributed by atoms with Crippen LogP contribution in [-0.2, 0) is 13.1 Å². The Balaban J connectivity index is 2.50. The number of thiophene rings is 1. The van der Waals surface area contributed by atoms with Gasteiger partial charge in [0.15, 0.2) is 0 Å². The predicted molar refractivity (Wildman–Crippen MR) is 95.9 cm³/mol. The average molecular weight is 311 g/mol. The van der Waals surface area contributed by atoms with Gasteiger partial charge in [0.25, 0.3) is 0 Å². The molecule has 0 bridgehead atoms. The Labute approximate surface area is 135 Å². The summed E-state index contributed by atoms with van der Waals surface area (Å²) in [6, 6.07) is 4.60. The van der Waals surface area contributed by atoms with Crippen molar-refractivity contribution in [2.75, 3.05) is 19.6 Å². The van der Waals surface area contributed by atoms with Crippen molar-refractivity contribution in [1.29, 1.82) is 0 Å². The molecule has 122 valence electrons. The second kappa shape index (κ2) is 10.4. The fourth-order valence-electron chi connectivity index (χ4n) is 2.22. The molecule has 1 aromatic rings. The van der Waals surface area contributed by atoms with Gasteiger partial charge in [-0.3, -0.25) is 4.90 Å². The van der Waals surface area contributed by atoms with Crippen LogP contribution in [0.25, 0.3) is 0 Å². The van der Waals surface area contributed by atoms with Gasteiger partial charge in [-0.1, -0.05) is 34.6 Å². The first-order valence-electron chi connectivity index (χ1n) is 8.51. The highest BCUT2D eigenvalue weighted by atomic mass is 32.1. The summed E-state index contributed by atoms with van der Waals surface area (Å²) in [5.74, 6) is 1.58. The summed E-state index contributed by atoms with van der Waals surface area (Å²) in [7, 11) is 0. The first-order valence-corrected chi connectivity index (χ1v) is 9.33. The highest BCUT2D eigenvalue weighted by Gasteiger charge is 2.10. The molecule has 0 saturated heterocycles. The Hall–Kier alpha value is -0.380. The van der Waals surface area contributed by atoms with E-state index in [1.807, 2.05) is 11.3 Å². The smallest absolute Gasteiger partial charge is 0.0328 e. The van der Waals surface area contributed by atoms with Gasteiger partial charge in [-0.05, 0) is 56.4 Å². The minimum Gasteiger partial charge on any atom is -0.312 e.